The second-order valence-electron chi connectivity index (χ2n) is 6.15. The van der Waals surface area contributed by atoms with Crippen LogP contribution in [0.5, 0.6) is 0 Å². The van der Waals surface area contributed by atoms with E-state index in [1.165, 1.54) is 0 Å². The summed E-state index contributed by atoms with van der Waals surface area (Å²) in [4.78, 5) is 0. The summed E-state index contributed by atoms with van der Waals surface area (Å²) in [6.07, 6.45) is 4.12. The van der Waals surface area contributed by atoms with Crippen molar-refractivity contribution in [1.29, 1.82) is 0 Å². The van der Waals surface area contributed by atoms with Crippen LogP contribution < -0.4 is 5.73 Å². The van der Waals surface area contributed by atoms with Crippen LogP contribution in [0.1, 0.15) is 39.5 Å². The minimum absolute atomic E-state index is 0.0315. The first-order valence-electron chi connectivity index (χ1n) is 7.43. The van der Waals surface area contributed by atoms with E-state index in [9.17, 15) is 8.42 Å². The maximum atomic E-state index is 12.8. The molecule has 0 aromatic rings. The Labute approximate surface area is 117 Å². The number of rotatable bonds is 3. The normalized spacial score (nSPS) is 35.4. The number of nitrogens with zero attached hydrogens (tertiary/aromatic N) is 2. The van der Waals surface area contributed by atoms with Crippen molar-refractivity contribution in [2.45, 2.75) is 45.6 Å². The van der Waals surface area contributed by atoms with Gasteiger partial charge in [0.2, 0.25) is 0 Å². The average molecular weight is 289 g/mol. The molecule has 112 valence electrons. The van der Waals surface area contributed by atoms with E-state index in [0.717, 1.165) is 25.7 Å². The van der Waals surface area contributed by atoms with Crippen molar-refractivity contribution in [2.24, 2.45) is 17.6 Å². The molecule has 0 amide bonds. The van der Waals surface area contributed by atoms with E-state index in [1.807, 2.05) is 0 Å². The van der Waals surface area contributed by atoms with Gasteiger partial charge >= 0.3 is 0 Å². The highest BCUT2D eigenvalue weighted by Gasteiger charge is 2.39. The zero-order valence-corrected chi connectivity index (χ0v) is 12.9. The molecule has 0 aromatic carbocycles. The van der Waals surface area contributed by atoms with Crippen LogP contribution in [0.25, 0.3) is 0 Å². The molecular weight excluding hydrogens is 262 g/mol. The summed E-state index contributed by atoms with van der Waals surface area (Å²) in [5, 5.41) is 0. The maximum absolute atomic E-state index is 12.8. The summed E-state index contributed by atoms with van der Waals surface area (Å²) < 4.78 is 28.9. The Morgan fingerprint density at radius 3 is 2.47 bits per heavy atom. The van der Waals surface area contributed by atoms with Crippen LogP contribution >= 0.6 is 0 Å². The van der Waals surface area contributed by atoms with Gasteiger partial charge in [-0.05, 0) is 37.5 Å². The van der Waals surface area contributed by atoms with Crippen molar-refractivity contribution in [3.8, 4) is 0 Å². The van der Waals surface area contributed by atoms with Gasteiger partial charge in [-0.2, -0.15) is 17.0 Å². The lowest BCUT2D eigenvalue weighted by atomic mass is 9.93. The zero-order valence-electron chi connectivity index (χ0n) is 12.1. The average Bonchev–Trinajstić information content (AvgIpc) is 2.38. The van der Waals surface area contributed by atoms with Gasteiger partial charge in [-0.15, -0.1) is 0 Å². The zero-order chi connectivity index (χ0) is 14.0. The third-order valence-electron chi connectivity index (χ3n) is 4.55. The highest BCUT2D eigenvalue weighted by Crippen LogP contribution is 2.28. The molecule has 2 heterocycles. The van der Waals surface area contributed by atoms with Gasteiger partial charge in [0.1, 0.15) is 0 Å². The quantitative estimate of drug-likeness (QED) is 0.843. The SMILES string of the molecule is CC1CCCN(S(=O)(=O)N2CCCC(C)C2CN)C1. The molecule has 0 radical (unpaired) electrons. The fourth-order valence-corrected chi connectivity index (χ4v) is 5.45. The molecule has 2 aliphatic rings. The Balaban J connectivity index is 2.17. The lowest BCUT2D eigenvalue weighted by Crippen LogP contribution is -2.56. The minimum atomic E-state index is -3.33. The van der Waals surface area contributed by atoms with Crippen molar-refractivity contribution in [2.75, 3.05) is 26.2 Å². The topological polar surface area (TPSA) is 66.6 Å². The van der Waals surface area contributed by atoms with Gasteiger partial charge in [0.25, 0.3) is 10.2 Å². The van der Waals surface area contributed by atoms with Crippen LogP contribution in [0.15, 0.2) is 0 Å². The molecule has 0 aliphatic carbocycles. The summed E-state index contributed by atoms with van der Waals surface area (Å²) >= 11 is 0. The van der Waals surface area contributed by atoms with E-state index in [1.54, 1.807) is 8.61 Å². The Morgan fingerprint density at radius 1 is 1.16 bits per heavy atom. The Hall–Kier alpha value is -0.170. The highest BCUT2D eigenvalue weighted by molar-refractivity contribution is 7.86. The van der Waals surface area contributed by atoms with Gasteiger partial charge in [-0.25, -0.2) is 0 Å². The molecule has 2 N–H and O–H groups in total. The molecular formula is C13H27N3O2S. The molecule has 6 heteroatoms. The molecule has 0 spiro atoms. The molecule has 19 heavy (non-hydrogen) atoms. The smallest absolute Gasteiger partial charge is 0.282 e. The molecule has 2 rings (SSSR count). The van der Waals surface area contributed by atoms with Crippen LogP contribution in [0.3, 0.4) is 0 Å². The van der Waals surface area contributed by atoms with Crippen molar-refractivity contribution >= 4 is 10.2 Å². The van der Waals surface area contributed by atoms with Crippen molar-refractivity contribution in [3.05, 3.63) is 0 Å². The highest BCUT2D eigenvalue weighted by atomic mass is 32.2. The summed E-state index contributed by atoms with van der Waals surface area (Å²) in [6, 6.07) is -0.0315. The molecule has 2 aliphatic heterocycles. The molecule has 3 atom stereocenters. The predicted octanol–water partition coefficient (Wildman–Crippen LogP) is 1.02. The van der Waals surface area contributed by atoms with Gasteiger partial charge in [-0.3, -0.25) is 0 Å². The van der Waals surface area contributed by atoms with E-state index < -0.39 is 10.2 Å². The fraction of sp³-hybridized carbons (Fsp3) is 1.00. The molecule has 0 aromatic heterocycles. The van der Waals surface area contributed by atoms with Crippen LogP contribution in [0.2, 0.25) is 0 Å². The van der Waals surface area contributed by atoms with Crippen LogP contribution in [-0.4, -0.2) is 49.2 Å². The predicted molar refractivity (Wildman–Crippen MR) is 76.8 cm³/mol. The van der Waals surface area contributed by atoms with Crippen LogP contribution in [0, 0.1) is 11.8 Å². The molecule has 0 bridgehead atoms. The lowest BCUT2D eigenvalue weighted by molar-refractivity contribution is 0.171. The summed E-state index contributed by atoms with van der Waals surface area (Å²) in [5.74, 6) is 0.817. The molecule has 2 saturated heterocycles. The standard InChI is InChI=1S/C13H27N3O2S/c1-11-5-3-7-15(10-11)19(17,18)16-8-4-6-12(2)13(16)9-14/h11-13H,3-10,14H2,1-2H3. The monoisotopic (exact) mass is 289 g/mol. The number of nitrogens with two attached hydrogens (primary N) is 1. The Kier molecular flexibility index (Phi) is 4.87. The van der Waals surface area contributed by atoms with E-state index in [2.05, 4.69) is 13.8 Å². The number of piperidine rings is 2. The van der Waals surface area contributed by atoms with Gasteiger partial charge in [-0.1, -0.05) is 13.8 Å². The molecule has 5 nitrogen and oxygen atoms in total. The van der Waals surface area contributed by atoms with E-state index in [-0.39, 0.29) is 6.04 Å². The van der Waals surface area contributed by atoms with Gasteiger partial charge in [0.15, 0.2) is 0 Å². The first kappa shape index (κ1) is 15.2. The first-order valence-corrected chi connectivity index (χ1v) is 8.83. The van der Waals surface area contributed by atoms with E-state index in [4.69, 9.17) is 5.73 Å². The van der Waals surface area contributed by atoms with E-state index >= 15 is 0 Å². The second kappa shape index (κ2) is 6.08. The van der Waals surface area contributed by atoms with Crippen molar-refractivity contribution in [1.82, 2.24) is 8.61 Å². The van der Waals surface area contributed by atoms with Gasteiger partial charge < -0.3 is 5.73 Å². The molecule has 0 saturated carbocycles. The van der Waals surface area contributed by atoms with Gasteiger partial charge in [0.05, 0.1) is 0 Å². The maximum Gasteiger partial charge on any atom is 0.282 e. The largest absolute Gasteiger partial charge is 0.329 e. The number of hydrogen-bond donors (Lipinski definition) is 1. The summed E-state index contributed by atoms with van der Waals surface area (Å²) in [7, 11) is -3.33. The Morgan fingerprint density at radius 2 is 1.84 bits per heavy atom. The van der Waals surface area contributed by atoms with Crippen molar-refractivity contribution in [3.63, 3.8) is 0 Å². The number of hydrogen-bond acceptors (Lipinski definition) is 3. The minimum Gasteiger partial charge on any atom is -0.329 e. The molecule has 2 fully saturated rings. The lowest BCUT2D eigenvalue weighted by Gasteiger charge is -2.42. The third kappa shape index (κ3) is 3.12. The fourth-order valence-electron chi connectivity index (χ4n) is 3.35. The summed E-state index contributed by atoms with van der Waals surface area (Å²) in [6.45, 7) is 6.60. The second-order valence-corrected chi connectivity index (χ2v) is 8.03. The Bertz CT molecular complexity index is 399. The van der Waals surface area contributed by atoms with Gasteiger partial charge in [0, 0.05) is 32.2 Å². The first-order chi connectivity index (χ1) is 8.96. The van der Waals surface area contributed by atoms with E-state index in [0.29, 0.717) is 38.0 Å². The van der Waals surface area contributed by atoms with Crippen LogP contribution in [0.4, 0.5) is 0 Å². The summed E-state index contributed by atoms with van der Waals surface area (Å²) in [5.41, 5.74) is 5.81. The molecule has 3 unspecified atom stereocenters. The van der Waals surface area contributed by atoms with Crippen LogP contribution in [-0.2, 0) is 10.2 Å². The van der Waals surface area contributed by atoms with Crippen molar-refractivity contribution < 1.29 is 8.42 Å². The third-order valence-corrected chi connectivity index (χ3v) is 6.58.